The van der Waals surface area contributed by atoms with Gasteiger partial charge in [-0.25, -0.2) is 15.0 Å². The summed E-state index contributed by atoms with van der Waals surface area (Å²) in [7, 11) is 0. The molecule has 3 heterocycles. The Bertz CT molecular complexity index is 710. The standard InChI is InChI=1S/C18H26N6O2/c1-14(2)15-12-16(22-18(21-15)24-8-10-26-11-9-24)17(25)20-4-3-6-23-7-5-19-13-23/h5,7,12-14H,3-4,6,8-11H2,1-2H3,(H,20,25). The number of hydrogen-bond acceptors (Lipinski definition) is 6. The van der Waals surface area contributed by atoms with Crippen LogP contribution in [0.1, 0.15) is 42.4 Å². The fourth-order valence-corrected chi connectivity index (χ4v) is 2.74. The van der Waals surface area contributed by atoms with E-state index in [9.17, 15) is 4.79 Å². The zero-order chi connectivity index (χ0) is 18.4. The zero-order valence-corrected chi connectivity index (χ0v) is 15.4. The molecule has 0 aromatic carbocycles. The van der Waals surface area contributed by atoms with Gasteiger partial charge in [-0.1, -0.05) is 13.8 Å². The lowest BCUT2D eigenvalue weighted by Crippen LogP contribution is -2.38. The Morgan fingerprint density at radius 1 is 1.31 bits per heavy atom. The number of ether oxygens (including phenoxy) is 1. The Balaban J connectivity index is 1.64. The number of aromatic nitrogens is 4. The predicted octanol–water partition coefficient (Wildman–Crippen LogP) is 1.45. The van der Waals surface area contributed by atoms with E-state index in [2.05, 4.69) is 39.0 Å². The first-order valence-corrected chi connectivity index (χ1v) is 9.09. The van der Waals surface area contributed by atoms with Crippen LogP contribution in [-0.2, 0) is 11.3 Å². The lowest BCUT2D eigenvalue weighted by Gasteiger charge is -2.27. The lowest BCUT2D eigenvalue weighted by molar-refractivity contribution is 0.0947. The maximum Gasteiger partial charge on any atom is 0.270 e. The van der Waals surface area contributed by atoms with Gasteiger partial charge in [0.2, 0.25) is 5.95 Å². The maximum absolute atomic E-state index is 12.6. The normalized spacial score (nSPS) is 14.7. The molecule has 2 aromatic heterocycles. The number of carbonyl (C=O) groups is 1. The lowest BCUT2D eigenvalue weighted by atomic mass is 10.1. The molecule has 0 aliphatic carbocycles. The van der Waals surface area contributed by atoms with E-state index >= 15 is 0 Å². The minimum absolute atomic E-state index is 0.158. The first-order valence-electron chi connectivity index (χ1n) is 9.09. The molecule has 1 aliphatic heterocycles. The minimum Gasteiger partial charge on any atom is -0.378 e. The van der Waals surface area contributed by atoms with Gasteiger partial charge < -0.3 is 19.5 Å². The van der Waals surface area contributed by atoms with E-state index in [1.165, 1.54) is 0 Å². The molecule has 1 fully saturated rings. The van der Waals surface area contributed by atoms with Gasteiger partial charge in [0.1, 0.15) is 5.69 Å². The number of morpholine rings is 1. The van der Waals surface area contributed by atoms with E-state index < -0.39 is 0 Å². The van der Waals surface area contributed by atoms with Gasteiger partial charge in [-0.15, -0.1) is 0 Å². The van der Waals surface area contributed by atoms with Crippen LogP contribution >= 0.6 is 0 Å². The molecule has 0 spiro atoms. The number of carbonyl (C=O) groups excluding carboxylic acids is 1. The van der Waals surface area contributed by atoms with Gasteiger partial charge in [0.15, 0.2) is 0 Å². The maximum atomic E-state index is 12.6. The summed E-state index contributed by atoms with van der Waals surface area (Å²) >= 11 is 0. The third-order valence-corrected chi connectivity index (χ3v) is 4.29. The van der Waals surface area contributed by atoms with Crippen molar-refractivity contribution in [1.82, 2.24) is 24.8 Å². The van der Waals surface area contributed by atoms with Gasteiger partial charge in [-0.05, 0) is 18.4 Å². The van der Waals surface area contributed by atoms with Crippen LogP contribution in [0.3, 0.4) is 0 Å². The van der Waals surface area contributed by atoms with Crippen LogP contribution < -0.4 is 10.2 Å². The number of anilines is 1. The van der Waals surface area contributed by atoms with Crippen LogP contribution in [0, 0.1) is 0 Å². The number of rotatable bonds is 7. The molecule has 0 unspecified atom stereocenters. The quantitative estimate of drug-likeness (QED) is 0.754. The summed E-state index contributed by atoms with van der Waals surface area (Å²) in [6, 6.07) is 1.79. The van der Waals surface area contributed by atoms with Crippen LogP contribution in [0.5, 0.6) is 0 Å². The summed E-state index contributed by atoms with van der Waals surface area (Å²) in [5.41, 5.74) is 1.30. The average Bonchev–Trinajstić information content (AvgIpc) is 3.19. The zero-order valence-electron chi connectivity index (χ0n) is 15.4. The molecular weight excluding hydrogens is 332 g/mol. The SMILES string of the molecule is CC(C)c1cc(C(=O)NCCCn2ccnc2)nc(N2CCOCC2)n1. The Hall–Kier alpha value is -2.48. The third-order valence-electron chi connectivity index (χ3n) is 4.29. The topological polar surface area (TPSA) is 85.2 Å². The molecular formula is C18H26N6O2. The summed E-state index contributed by atoms with van der Waals surface area (Å²) in [6.45, 7) is 8.35. The molecule has 26 heavy (non-hydrogen) atoms. The molecule has 8 heteroatoms. The highest BCUT2D eigenvalue weighted by Crippen LogP contribution is 2.18. The fraction of sp³-hybridized carbons (Fsp3) is 0.556. The molecule has 1 saturated heterocycles. The van der Waals surface area contributed by atoms with Gasteiger partial charge in [0, 0.05) is 44.3 Å². The van der Waals surface area contributed by atoms with Crippen molar-refractivity contribution in [2.45, 2.75) is 32.7 Å². The summed E-state index contributed by atoms with van der Waals surface area (Å²) in [5.74, 6) is 0.683. The van der Waals surface area contributed by atoms with Gasteiger partial charge in [-0.2, -0.15) is 0 Å². The largest absolute Gasteiger partial charge is 0.378 e. The van der Waals surface area contributed by atoms with Crippen molar-refractivity contribution in [2.24, 2.45) is 0 Å². The molecule has 2 aromatic rings. The minimum atomic E-state index is -0.158. The summed E-state index contributed by atoms with van der Waals surface area (Å²) in [6.07, 6.45) is 6.27. The van der Waals surface area contributed by atoms with Crippen molar-refractivity contribution >= 4 is 11.9 Å². The molecule has 0 radical (unpaired) electrons. The molecule has 0 bridgehead atoms. The first kappa shape index (κ1) is 18.3. The second-order valence-electron chi connectivity index (χ2n) is 6.64. The van der Waals surface area contributed by atoms with E-state index in [4.69, 9.17) is 4.74 Å². The van der Waals surface area contributed by atoms with Crippen molar-refractivity contribution in [1.29, 1.82) is 0 Å². The summed E-state index contributed by atoms with van der Waals surface area (Å²) < 4.78 is 7.38. The smallest absolute Gasteiger partial charge is 0.270 e. The second-order valence-corrected chi connectivity index (χ2v) is 6.64. The average molecular weight is 358 g/mol. The van der Waals surface area contributed by atoms with E-state index in [0.717, 1.165) is 31.7 Å². The number of nitrogens with one attached hydrogen (secondary N) is 1. The van der Waals surface area contributed by atoms with Crippen LogP contribution in [0.4, 0.5) is 5.95 Å². The van der Waals surface area contributed by atoms with Crippen molar-refractivity contribution < 1.29 is 9.53 Å². The number of hydrogen-bond donors (Lipinski definition) is 1. The van der Waals surface area contributed by atoms with Crippen molar-refractivity contribution in [3.63, 3.8) is 0 Å². The molecule has 0 atom stereocenters. The van der Waals surface area contributed by atoms with E-state index in [1.54, 1.807) is 18.6 Å². The van der Waals surface area contributed by atoms with Gasteiger partial charge >= 0.3 is 0 Å². The van der Waals surface area contributed by atoms with E-state index in [-0.39, 0.29) is 11.8 Å². The third kappa shape index (κ3) is 4.78. The second kappa shape index (κ2) is 8.75. The molecule has 140 valence electrons. The Morgan fingerprint density at radius 3 is 2.81 bits per heavy atom. The predicted molar refractivity (Wildman–Crippen MR) is 98.3 cm³/mol. The Morgan fingerprint density at radius 2 is 2.12 bits per heavy atom. The van der Waals surface area contributed by atoms with Crippen LogP contribution in [0.2, 0.25) is 0 Å². The number of imidazole rings is 1. The molecule has 8 nitrogen and oxygen atoms in total. The highest BCUT2D eigenvalue weighted by atomic mass is 16.5. The van der Waals surface area contributed by atoms with Crippen LogP contribution in [0.15, 0.2) is 24.8 Å². The summed E-state index contributed by atoms with van der Waals surface area (Å²) in [4.78, 5) is 27.8. The highest BCUT2D eigenvalue weighted by molar-refractivity contribution is 5.92. The molecule has 0 saturated carbocycles. The number of nitrogens with zero attached hydrogens (tertiary/aromatic N) is 5. The van der Waals surface area contributed by atoms with Gasteiger partial charge in [0.05, 0.1) is 19.5 Å². The van der Waals surface area contributed by atoms with Gasteiger partial charge in [0.25, 0.3) is 5.91 Å². The van der Waals surface area contributed by atoms with E-state index in [1.807, 2.05) is 10.8 Å². The van der Waals surface area contributed by atoms with Crippen molar-refractivity contribution in [3.8, 4) is 0 Å². The van der Waals surface area contributed by atoms with Crippen LogP contribution in [0.25, 0.3) is 0 Å². The van der Waals surface area contributed by atoms with Crippen molar-refractivity contribution in [2.75, 3.05) is 37.7 Å². The number of amides is 1. The molecule has 1 aliphatic rings. The van der Waals surface area contributed by atoms with Crippen molar-refractivity contribution in [3.05, 3.63) is 36.2 Å². The molecule has 3 rings (SSSR count). The fourth-order valence-electron chi connectivity index (χ4n) is 2.74. The number of aryl methyl sites for hydroxylation is 1. The summed E-state index contributed by atoms with van der Waals surface area (Å²) in [5, 5.41) is 2.95. The van der Waals surface area contributed by atoms with Crippen LogP contribution in [-0.4, -0.2) is 58.3 Å². The monoisotopic (exact) mass is 358 g/mol. The first-order chi connectivity index (χ1) is 12.6. The Kier molecular flexibility index (Phi) is 6.17. The highest BCUT2D eigenvalue weighted by Gasteiger charge is 2.19. The van der Waals surface area contributed by atoms with Gasteiger partial charge in [-0.3, -0.25) is 4.79 Å². The molecule has 1 N–H and O–H groups in total. The van der Waals surface area contributed by atoms with E-state index in [0.29, 0.717) is 31.4 Å². The molecule has 1 amide bonds. The Labute approximate surface area is 153 Å².